The van der Waals surface area contributed by atoms with E-state index in [9.17, 15) is 5.11 Å². The summed E-state index contributed by atoms with van der Waals surface area (Å²) in [6.45, 7) is 2.25. The lowest BCUT2D eigenvalue weighted by Gasteiger charge is -2.24. The highest BCUT2D eigenvalue weighted by Gasteiger charge is 2.34. The SMILES string of the molecule is OCC1(Cc2sccc2Br)CCNC1. The molecule has 0 radical (unpaired) electrons. The monoisotopic (exact) mass is 275 g/mol. The summed E-state index contributed by atoms with van der Waals surface area (Å²) in [5, 5.41) is 14.9. The van der Waals surface area contributed by atoms with E-state index in [-0.39, 0.29) is 12.0 Å². The van der Waals surface area contributed by atoms with Crippen molar-refractivity contribution < 1.29 is 5.11 Å². The molecule has 2 rings (SSSR count). The first-order valence-electron chi connectivity index (χ1n) is 4.79. The summed E-state index contributed by atoms with van der Waals surface area (Å²) < 4.78 is 1.18. The predicted octanol–water partition coefficient (Wildman–Crippen LogP) is 2.03. The zero-order valence-electron chi connectivity index (χ0n) is 7.92. The highest BCUT2D eigenvalue weighted by molar-refractivity contribution is 9.10. The van der Waals surface area contributed by atoms with E-state index < -0.39 is 0 Å². The van der Waals surface area contributed by atoms with E-state index in [1.807, 2.05) is 0 Å². The third-order valence-electron chi connectivity index (χ3n) is 2.89. The van der Waals surface area contributed by atoms with Crippen LogP contribution in [0.4, 0.5) is 0 Å². The Morgan fingerprint density at radius 1 is 1.64 bits per heavy atom. The number of rotatable bonds is 3. The molecular weight excluding hydrogens is 262 g/mol. The number of hydrogen-bond acceptors (Lipinski definition) is 3. The first-order valence-corrected chi connectivity index (χ1v) is 6.46. The second-order valence-electron chi connectivity index (χ2n) is 3.95. The molecular formula is C10H14BrNOS. The summed E-state index contributed by atoms with van der Waals surface area (Å²) in [6, 6.07) is 2.08. The molecule has 0 bridgehead atoms. The van der Waals surface area contributed by atoms with Crippen LogP contribution in [0.1, 0.15) is 11.3 Å². The predicted molar refractivity (Wildman–Crippen MR) is 62.7 cm³/mol. The number of halogens is 1. The van der Waals surface area contributed by atoms with Crippen LogP contribution in [-0.4, -0.2) is 24.8 Å². The smallest absolute Gasteiger partial charge is 0.0503 e. The van der Waals surface area contributed by atoms with Crippen molar-refractivity contribution in [3.8, 4) is 0 Å². The Morgan fingerprint density at radius 3 is 3.00 bits per heavy atom. The zero-order chi connectivity index (χ0) is 10.0. The molecule has 1 unspecified atom stereocenters. The third-order valence-corrected chi connectivity index (χ3v) is 4.82. The van der Waals surface area contributed by atoms with Gasteiger partial charge in [0.25, 0.3) is 0 Å². The molecule has 1 atom stereocenters. The average molecular weight is 276 g/mol. The van der Waals surface area contributed by atoms with Gasteiger partial charge in [0, 0.05) is 21.3 Å². The Balaban J connectivity index is 2.12. The zero-order valence-corrected chi connectivity index (χ0v) is 10.3. The van der Waals surface area contributed by atoms with Gasteiger partial charge in [0.05, 0.1) is 6.61 Å². The van der Waals surface area contributed by atoms with Gasteiger partial charge in [-0.05, 0) is 46.8 Å². The molecule has 0 spiro atoms. The first-order chi connectivity index (χ1) is 6.76. The lowest BCUT2D eigenvalue weighted by molar-refractivity contribution is 0.143. The Bertz CT molecular complexity index is 307. The van der Waals surface area contributed by atoms with Crippen molar-refractivity contribution in [3.63, 3.8) is 0 Å². The summed E-state index contributed by atoms with van der Waals surface area (Å²) >= 11 is 5.30. The number of aliphatic hydroxyl groups excluding tert-OH is 1. The number of hydrogen-bond donors (Lipinski definition) is 2. The van der Waals surface area contributed by atoms with E-state index in [0.717, 1.165) is 25.9 Å². The van der Waals surface area contributed by atoms with Gasteiger partial charge in [-0.15, -0.1) is 11.3 Å². The van der Waals surface area contributed by atoms with Crippen LogP contribution < -0.4 is 5.32 Å². The molecule has 2 heterocycles. The Hall–Kier alpha value is 0.1000. The summed E-state index contributed by atoms with van der Waals surface area (Å²) in [5.41, 5.74) is 0.0768. The Kier molecular flexibility index (Phi) is 3.27. The van der Waals surface area contributed by atoms with Crippen molar-refractivity contribution in [2.75, 3.05) is 19.7 Å². The second-order valence-corrected chi connectivity index (χ2v) is 5.81. The average Bonchev–Trinajstić information content (AvgIpc) is 2.79. The molecule has 0 amide bonds. The van der Waals surface area contributed by atoms with E-state index in [1.54, 1.807) is 11.3 Å². The largest absolute Gasteiger partial charge is 0.396 e. The van der Waals surface area contributed by atoms with Crippen LogP contribution in [-0.2, 0) is 6.42 Å². The maximum atomic E-state index is 9.46. The topological polar surface area (TPSA) is 32.3 Å². The molecule has 78 valence electrons. The molecule has 0 aromatic carbocycles. The van der Waals surface area contributed by atoms with Crippen LogP contribution >= 0.6 is 27.3 Å². The van der Waals surface area contributed by atoms with Crippen molar-refractivity contribution in [1.82, 2.24) is 5.32 Å². The molecule has 1 fully saturated rings. The Labute approximate surface area is 96.5 Å². The van der Waals surface area contributed by atoms with Gasteiger partial charge in [0.15, 0.2) is 0 Å². The van der Waals surface area contributed by atoms with Crippen molar-refractivity contribution >= 4 is 27.3 Å². The van der Waals surface area contributed by atoms with Gasteiger partial charge in [0.2, 0.25) is 0 Å². The maximum Gasteiger partial charge on any atom is 0.0503 e. The van der Waals surface area contributed by atoms with Crippen molar-refractivity contribution in [2.45, 2.75) is 12.8 Å². The minimum Gasteiger partial charge on any atom is -0.396 e. The fraction of sp³-hybridized carbons (Fsp3) is 0.600. The molecule has 0 aliphatic carbocycles. The minimum absolute atomic E-state index is 0.0768. The molecule has 1 aliphatic rings. The highest BCUT2D eigenvalue weighted by atomic mass is 79.9. The molecule has 14 heavy (non-hydrogen) atoms. The highest BCUT2D eigenvalue weighted by Crippen LogP contribution is 2.34. The van der Waals surface area contributed by atoms with E-state index in [2.05, 4.69) is 32.7 Å². The summed E-state index contributed by atoms with van der Waals surface area (Å²) in [4.78, 5) is 1.35. The van der Waals surface area contributed by atoms with Crippen molar-refractivity contribution in [1.29, 1.82) is 0 Å². The molecule has 1 aromatic heterocycles. The van der Waals surface area contributed by atoms with E-state index in [4.69, 9.17) is 0 Å². The van der Waals surface area contributed by atoms with Gasteiger partial charge in [0.1, 0.15) is 0 Å². The van der Waals surface area contributed by atoms with Gasteiger partial charge in [-0.1, -0.05) is 0 Å². The number of nitrogens with one attached hydrogen (secondary N) is 1. The minimum atomic E-state index is 0.0768. The maximum absolute atomic E-state index is 9.46. The van der Waals surface area contributed by atoms with Crippen molar-refractivity contribution in [3.05, 3.63) is 20.8 Å². The summed E-state index contributed by atoms with van der Waals surface area (Å²) in [7, 11) is 0. The first kappa shape index (κ1) is 10.6. The van der Waals surface area contributed by atoms with E-state index >= 15 is 0 Å². The van der Waals surface area contributed by atoms with E-state index in [1.165, 1.54) is 9.35 Å². The molecule has 1 aromatic rings. The van der Waals surface area contributed by atoms with Crippen molar-refractivity contribution in [2.24, 2.45) is 5.41 Å². The molecule has 2 N–H and O–H groups in total. The molecule has 4 heteroatoms. The fourth-order valence-electron chi connectivity index (χ4n) is 1.93. The van der Waals surface area contributed by atoms with Gasteiger partial charge < -0.3 is 10.4 Å². The van der Waals surface area contributed by atoms with Gasteiger partial charge in [-0.3, -0.25) is 0 Å². The Morgan fingerprint density at radius 2 is 2.50 bits per heavy atom. The normalized spacial score (nSPS) is 27.0. The molecule has 1 saturated heterocycles. The van der Waals surface area contributed by atoms with Crippen LogP contribution in [0.5, 0.6) is 0 Å². The summed E-state index contributed by atoms with van der Waals surface area (Å²) in [5.74, 6) is 0. The van der Waals surface area contributed by atoms with Crippen LogP contribution in [0.3, 0.4) is 0 Å². The molecule has 0 saturated carbocycles. The molecule has 2 nitrogen and oxygen atoms in total. The number of aliphatic hydroxyl groups is 1. The van der Waals surface area contributed by atoms with Gasteiger partial charge >= 0.3 is 0 Å². The second kappa shape index (κ2) is 4.31. The number of thiophene rings is 1. The quantitative estimate of drug-likeness (QED) is 0.885. The fourth-order valence-corrected chi connectivity index (χ4v) is 3.60. The van der Waals surface area contributed by atoms with Crippen LogP contribution in [0.2, 0.25) is 0 Å². The van der Waals surface area contributed by atoms with Crippen LogP contribution in [0.15, 0.2) is 15.9 Å². The standard InChI is InChI=1S/C10H14BrNOS/c11-8-1-4-14-9(8)5-10(7-13)2-3-12-6-10/h1,4,12-13H,2-3,5-7H2. The lowest BCUT2D eigenvalue weighted by Crippen LogP contribution is -2.30. The van der Waals surface area contributed by atoms with Crippen LogP contribution in [0, 0.1) is 5.41 Å². The van der Waals surface area contributed by atoms with E-state index in [0.29, 0.717) is 0 Å². The summed E-state index contributed by atoms with van der Waals surface area (Å²) in [6.07, 6.45) is 2.06. The molecule has 1 aliphatic heterocycles. The lowest BCUT2D eigenvalue weighted by atomic mass is 9.84. The van der Waals surface area contributed by atoms with Gasteiger partial charge in [-0.2, -0.15) is 0 Å². The third kappa shape index (κ3) is 2.03. The van der Waals surface area contributed by atoms with Gasteiger partial charge in [-0.25, -0.2) is 0 Å². The van der Waals surface area contributed by atoms with Crippen LogP contribution in [0.25, 0.3) is 0 Å².